The fraction of sp³-hybridized carbons (Fsp3) is 0.0392. The molecule has 1 nitrogen and oxygen atoms in total. The molecule has 8 aromatic rings. The SMILES string of the molecule is C1=CC2=CC=C(c3ccc(-c4cccc5c4ccc4c(-c6ccc(-c7ccc8ccccc8c7)cc6)cc(-c6ccccc6)nc45)cc3)CC2C=C1. The molecule has 0 saturated carbocycles. The molecule has 244 valence electrons. The van der Waals surface area contributed by atoms with Crippen LogP contribution in [0.1, 0.15) is 12.0 Å². The molecule has 0 bridgehead atoms. The molecule has 2 aliphatic carbocycles. The average molecular weight is 662 g/mol. The van der Waals surface area contributed by atoms with Crippen molar-refractivity contribution in [3.8, 4) is 44.6 Å². The van der Waals surface area contributed by atoms with Gasteiger partial charge in [0, 0.05) is 22.3 Å². The Balaban J connectivity index is 1.06. The molecule has 0 amide bonds. The Bertz CT molecular complexity index is 2780. The molecule has 0 fully saturated rings. The van der Waals surface area contributed by atoms with Crippen LogP contribution in [0.25, 0.3) is 82.7 Å². The van der Waals surface area contributed by atoms with Gasteiger partial charge in [0.15, 0.2) is 0 Å². The lowest BCUT2D eigenvalue weighted by atomic mass is 9.82. The van der Waals surface area contributed by atoms with Crippen LogP contribution in [0.2, 0.25) is 0 Å². The molecule has 0 saturated heterocycles. The molecule has 0 N–H and O–H groups in total. The summed E-state index contributed by atoms with van der Waals surface area (Å²) in [5.74, 6) is 0.469. The molecule has 1 unspecified atom stereocenters. The number of nitrogens with zero attached hydrogens (tertiary/aromatic N) is 1. The molecule has 0 radical (unpaired) electrons. The predicted molar refractivity (Wildman–Crippen MR) is 221 cm³/mol. The maximum Gasteiger partial charge on any atom is 0.0794 e. The van der Waals surface area contributed by atoms with Crippen LogP contribution >= 0.6 is 0 Å². The maximum atomic E-state index is 5.37. The van der Waals surface area contributed by atoms with Gasteiger partial charge in [0.05, 0.1) is 11.2 Å². The lowest BCUT2D eigenvalue weighted by Gasteiger charge is -2.22. The quantitative estimate of drug-likeness (QED) is 0.167. The number of hydrogen-bond donors (Lipinski definition) is 0. The van der Waals surface area contributed by atoms with Crippen molar-refractivity contribution in [1.29, 1.82) is 0 Å². The van der Waals surface area contributed by atoms with E-state index in [0.717, 1.165) is 34.0 Å². The molecule has 1 heterocycles. The van der Waals surface area contributed by atoms with Crippen molar-refractivity contribution in [3.05, 3.63) is 205 Å². The highest BCUT2D eigenvalue weighted by Crippen LogP contribution is 2.40. The minimum atomic E-state index is 0.469. The Hall–Kier alpha value is -6.57. The lowest BCUT2D eigenvalue weighted by Crippen LogP contribution is -2.06. The van der Waals surface area contributed by atoms with E-state index >= 15 is 0 Å². The molecular weight excluding hydrogens is 627 g/mol. The van der Waals surface area contributed by atoms with E-state index in [1.807, 2.05) is 0 Å². The molecule has 0 spiro atoms. The summed E-state index contributed by atoms with van der Waals surface area (Å²) in [5, 5.41) is 6.04. The number of aromatic nitrogens is 1. The van der Waals surface area contributed by atoms with Crippen LogP contribution in [0.3, 0.4) is 0 Å². The zero-order chi connectivity index (χ0) is 34.4. The standard InChI is InChI=1S/C51H35N/c1-2-11-40(12-3-1)50-33-49(39-25-19-37(20-26-39)44-28-22-35-10-5-7-14-42(35)32-44)48-30-29-46-45(15-8-16-47(46)51(48)52-50)38-23-17-36(18-24-38)43-27-21-34-9-4-6-13-41(34)31-43/h1-30,32-33,41H,31H2. The van der Waals surface area contributed by atoms with Crippen molar-refractivity contribution < 1.29 is 0 Å². The first-order valence-corrected chi connectivity index (χ1v) is 18.1. The van der Waals surface area contributed by atoms with Gasteiger partial charge in [0.2, 0.25) is 0 Å². The summed E-state index contributed by atoms with van der Waals surface area (Å²) in [5.41, 5.74) is 14.4. The van der Waals surface area contributed by atoms with Crippen LogP contribution in [-0.2, 0) is 0 Å². The minimum Gasteiger partial charge on any atom is -0.247 e. The predicted octanol–water partition coefficient (Wildman–Crippen LogP) is 13.7. The van der Waals surface area contributed by atoms with Crippen LogP contribution in [0, 0.1) is 5.92 Å². The van der Waals surface area contributed by atoms with E-state index in [9.17, 15) is 0 Å². The van der Waals surface area contributed by atoms with E-state index in [0.29, 0.717) is 5.92 Å². The third-order valence-corrected chi connectivity index (χ3v) is 10.8. The van der Waals surface area contributed by atoms with Gasteiger partial charge >= 0.3 is 0 Å². The average Bonchev–Trinajstić information content (AvgIpc) is 3.23. The minimum absolute atomic E-state index is 0.469. The largest absolute Gasteiger partial charge is 0.247 e. The van der Waals surface area contributed by atoms with Gasteiger partial charge in [-0.3, -0.25) is 0 Å². The molecule has 2 aliphatic rings. The van der Waals surface area contributed by atoms with Crippen molar-refractivity contribution in [3.63, 3.8) is 0 Å². The number of benzene rings is 7. The number of hydrogen-bond acceptors (Lipinski definition) is 1. The first kappa shape index (κ1) is 30.3. The normalized spacial score (nSPS) is 15.1. The molecule has 10 rings (SSSR count). The first-order chi connectivity index (χ1) is 25.7. The highest BCUT2D eigenvalue weighted by atomic mass is 14.7. The monoisotopic (exact) mass is 661 g/mol. The fourth-order valence-electron chi connectivity index (χ4n) is 8.05. The number of allylic oxidation sites excluding steroid dienone is 8. The molecule has 1 atom stereocenters. The van der Waals surface area contributed by atoms with Gasteiger partial charge in [0.25, 0.3) is 0 Å². The van der Waals surface area contributed by atoms with Crippen molar-refractivity contribution >= 4 is 38.0 Å². The summed E-state index contributed by atoms with van der Waals surface area (Å²) >= 11 is 0. The summed E-state index contributed by atoms with van der Waals surface area (Å²) in [6.45, 7) is 0. The molecule has 52 heavy (non-hydrogen) atoms. The molecule has 1 heteroatoms. The van der Waals surface area contributed by atoms with Gasteiger partial charge in [-0.2, -0.15) is 0 Å². The van der Waals surface area contributed by atoms with Crippen molar-refractivity contribution in [1.82, 2.24) is 4.98 Å². The van der Waals surface area contributed by atoms with Crippen molar-refractivity contribution in [2.24, 2.45) is 5.92 Å². The smallest absolute Gasteiger partial charge is 0.0794 e. The highest BCUT2D eigenvalue weighted by Gasteiger charge is 2.19. The van der Waals surface area contributed by atoms with Gasteiger partial charge in [0.1, 0.15) is 0 Å². The van der Waals surface area contributed by atoms with E-state index in [4.69, 9.17) is 4.98 Å². The third-order valence-electron chi connectivity index (χ3n) is 10.8. The Morgan fingerprint density at radius 2 is 1.15 bits per heavy atom. The van der Waals surface area contributed by atoms with Gasteiger partial charge in [-0.05, 0) is 84.8 Å². The number of fused-ring (bicyclic) bond motifs is 5. The van der Waals surface area contributed by atoms with Gasteiger partial charge in [-0.1, -0.05) is 182 Å². The highest BCUT2D eigenvalue weighted by molar-refractivity contribution is 6.14. The van der Waals surface area contributed by atoms with Crippen molar-refractivity contribution in [2.45, 2.75) is 6.42 Å². The third kappa shape index (κ3) is 5.39. The van der Waals surface area contributed by atoms with Crippen LogP contribution in [-0.4, -0.2) is 4.98 Å². The summed E-state index contributed by atoms with van der Waals surface area (Å²) in [4.78, 5) is 5.37. The molecule has 7 aromatic carbocycles. The van der Waals surface area contributed by atoms with Crippen LogP contribution < -0.4 is 0 Å². The van der Waals surface area contributed by atoms with E-state index in [2.05, 4.69) is 194 Å². The molecular formula is C51H35N. The van der Waals surface area contributed by atoms with E-state index in [-0.39, 0.29) is 0 Å². The van der Waals surface area contributed by atoms with E-state index in [1.54, 1.807) is 0 Å². The molecule has 1 aromatic heterocycles. The van der Waals surface area contributed by atoms with Gasteiger partial charge < -0.3 is 0 Å². The van der Waals surface area contributed by atoms with E-state index < -0.39 is 0 Å². The van der Waals surface area contributed by atoms with Gasteiger partial charge in [-0.25, -0.2) is 4.98 Å². The summed E-state index contributed by atoms with van der Waals surface area (Å²) in [6, 6.07) is 57.4. The van der Waals surface area contributed by atoms with Gasteiger partial charge in [-0.15, -0.1) is 0 Å². The summed E-state index contributed by atoms with van der Waals surface area (Å²) in [6.07, 6.45) is 14.5. The Morgan fingerprint density at radius 1 is 0.442 bits per heavy atom. The van der Waals surface area contributed by atoms with Crippen molar-refractivity contribution in [2.75, 3.05) is 0 Å². The second-order valence-corrected chi connectivity index (χ2v) is 13.9. The zero-order valence-electron chi connectivity index (χ0n) is 28.7. The Labute approximate surface area is 304 Å². The molecule has 0 aliphatic heterocycles. The lowest BCUT2D eigenvalue weighted by molar-refractivity contribution is 0.793. The van der Waals surface area contributed by atoms with E-state index in [1.165, 1.54) is 66.2 Å². The topological polar surface area (TPSA) is 12.9 Å². The number of pyridine rings is 1. The van der Waals surface area contributed by atoms with Crippen LogP contribution in [0.5, 0.6) is 0 Å². The first-order valence-electron chi connectivity index (χ1n) is 18.1. The van der Waals surface area contributed by atoms with Crippen LogP contribution in [0.15, 0.2) is 200 Å². The Morgan fingerprint density at radius 3 is 2.00 bits per heavy atom. The maximum absolute atomic E-state index is 5.37. The second-order valence-electron chi connectivity index (χ2n) is 13.9. The fourth-order valence-corrected chi connectivity index (χ4v) is 8.05. The Kier molecular flexibility index (Phi) is 7.36. The summed E-state index contributed by atoms with van der Waals surface area (Å²) < 4.78 is 0. The second kappa shape index (κ2) is 12.6. The zero-order valence-corrected chi connectivity index (χ0v) is 28.7. The summed E-state index contributed by atoms with van der Waals surface area (Å²) in [7, 11) is 0. The number of rotatable bonds is 5. The van der Waals surface area contributed by atoms with Crippen LogP contribution in [0.4, 0.5) is 0 Å².